The normalized spacial score (nSPS) is 23.1. The van der Waals surface area contributed by atoms with Gasteiger partial charge in [-0.2, -0.15) is 0 Å². The number of ether oxygens (including phenoxy) is 2. The lowest BCUT2D eigenvalue weighted by Crippen LogP contribution is -2.72. The number of hydrogen-bond donors (Lipinski definition) is 2. The van der Waals surface area contributed by atoms with Crippen molar-refractivity contribution in [1.82, 2.24) is 5.32 Å². The van der Waals surface area contributed by atoms with Crippen molar-refractivity contribution in [1.29, 1.82) is 0 Å². The zero-order valence-electron chi connectivity index (χ0n) is 18.0. The van der Waals surface area contributed by atoms with Crippen molar-refractivity contribution in [2.45, 2.75) is 18.7 Å². The number of para-hydroxylation sites is 1. The Bertz CT molecular complexity index is 1220. The van der Waals surface area contributed by atoms with Crippen LogP contribution in [0.3, 0.4) is 0 Å². The minimum absolute atomic E-state index is 0.200. The molecule has 3 aromatic carbocycles. The van der Waals surface area contributed by atoms with Crippen molar-refractivity contribution in [3.63, 3.8) is 0 Å². The van der Waals surface area contributed by atoms with Crippen molar-refractivity contribution >= 4 is 46.2 Å². The molecule has 0 radical (unpaired) electrons. The lowest BCUT2D eigenvalue weighted by atomic mass is 9.78. The molecule has 6 nitrogen and oxygen atoms in total. The van der Waals surface area contributed by atoms with Crippen LogP contribution in [0.4, 0.5) is 11.4 Å². The number of halogens is 1. The molecule has 3 aromatic rings. The Morgan fingerprint density at radius 1 is 1.15 bits per heavy atom. The lowest BCUT2D eigenvalue weighted by molar-refractivity contribution is -0.130. The van der Waals surface area contributed by atoms with Gasteiger partial charge in [-0.3, -0.25) is 9.69 Å². The zero-order valence-corrected chi connectivity index (χ0v) is 19.6. The summed E-state index contributed by atoms with van der Waals surface area (Å²) in [7, 11) is 1.60. The van der Waals surface area contributed by atoms with E-state index < -0.39 is 17.7 Å². The summed E-state index contributed by atoms with van der Waals surface area (Å²) >= 11 is 12.0. The van der Waals surface area contributed by atoms with E-state index in [1.54, 1.807) is 37.4 Å². The van der Waals surface area contributed by atoms with Crippen LogP contribution in [0.25, 0.3) is 0 Å². The van der Waals surface area contributed by atoms with Gasteiger partial charge >= 0.3 is 0 Å². The molecule has 2 N–H and O–H groups in total. The first-order valence-corrected chi connectivity index (χ1v) is 11.3. The monoisotopic (exact) mass is 479 g/mol. The quantitative estimate of drug-likeness (QED) is 0.505. The van der Waals surface area contributed by atoms with Crippen LogP contribution in [0.1, 0.15) is 18.5 Å². The summed E-state index contributed by atoms with van der Waals surface area (Å²) in [6, 6.07) is 21.9. The largest absolute Gasteiger partial charge is 0.497 e. The molecule has 1 fully saturated rings. The van der Waals surface area contributed by atoms with E-state index in [1.807, 2.05) is 54.3 Å². The van der Waals surface area contributed by atoms with Crippen LogP contribution in [0.2, 0.25) is 5.02 Å². The van der Waals surface area contributed by atoms with Crippen molar-refractivity contribution in [2.24, 2.45) is 5.92 Å². The summed E-state index contributed by atoms with van der Waals surface area (Å²) in [5, 5.41) is 7.45. The molecule has 33 heavy (non-hydrogen) atoms. The van der Waals surface area contributed by atoms with E-state index in [9.17, 15) is 4.79 Å². The smallest absolute Gasteiger partial charge is 0.236 e. The topological polar surface area (TPSA) is 62.8 Å². The van der Waals surface area contributed by atoms with Crippen LogP contribution < -0.4 is 25.0 Å². The van der Waals surface area contributed by atoms with E-state index in [2.05, 4.69) is 10.6 Å². The number of anilines is 2. The lowest BCUT2D eigenvalue weighted by Gasteiger charge is -2.56. The molecule has 168 valence electrons. The van der Waals surface area contributed by atoms with Gasteiger partial charge in [-0.05, 0) is 73.7 Å². The molecule has 1 saturated heterocycles. The van der Waals surface area contributed by atoms with Gasteiger partial charge in [0.05, 0.1) is 13.2 Å². The van der Waals surface area contributed by atoms with Crippen LogP contribution >= 0.6 is 23.8 Å². The standard InChI is InChI=1S/C25H22ClN3O3S/c1-25-21(23(30)27-16-9-11-18(31-2)12-10-16)22(19-14-15(26)8-13-20(19)32-25)28-24(33)29(25)17-6-4-3-5-7-17/h3-14,21-22H,1-2H3,(H,27,30)(H,28,33)/t21-,22+,25+/m1/s1. The summed E-state index contributed by atoms with van der Waals surface area (Å²) in [5.74, 6) is 0.534. The maximum Gasteiger partial charge on any atom is 0.236 e. The molecule has 0 aliphatic carbocycles. The maximum absolute atomic E-state index is 13.8. The van der Waals surface area contributed by atoms with Crippen LogP contribution in [0, 0.1) is 5.92 Å². The predicted octanol–water partition coefficient (Wildman–Crippen LogP) is 5.15. The second-order valence-corrected chi connectivity index (χ2v) is 8.96. The van der Waals surface area contributed by atoms with Gasteiger partial charge in [0.25, 0.3) is 0 Å². The van der Waals surface area contributed by atoms with Gasteiger partial charge in [0.2, 0.25) is 5.91 Å². The summed E-state index contributed by atoms with van der Waals surface area (Å²) in [5.41, 5.74) is 1.21. The number of benzene rings is 3. The van der Waals surface area contributed by atoms with Crippen LogP contribution in [-0.2, 0) is 4.79 Å². The number of hydrogen-bond acceptors (Lipinski definition) is 4. The first-order chi connectivity index (χ1) is 15.9. The Balaban J connectivity index is 1.59. The molecule has 3 atom stereocenters. The number of carbonyl (C=O) groups is 1. The Kier molecular flexibility index (Phi) is 5.38. The molecule has 2 aliphatic heterocycles. The molecule has 2 heterocycles. The average molecular weight is 480 g/mol. The van der Waals surface area contributed by atoms with E-state index in [0.717, 1.165) is 11.3 Å². The highest BCUT2D eigenvalue weighted by atomic mass is 35.5. The molecule has 2 aliphatic rings. The Labute approximate surface area is 202 Å². The number of methoxy groups -OCH3 is 1. The molecular weight excluding hydrogens is 458 g/mol. The van der Waals surface area contributed by atoms with E-state index in [4.69, 9.17) is 33.3 Å². The highest BCUT2D eigenvalue weighted by Crippen LogP contribution is 2.50. The van der Waals surface area contributed by atoms with Crippen LogP contribution in [0.5, 0.6) is 11.5 Å². The Morgan fingerprint density at radius 2 is 1.88 bits per heavy atom. The fourth-order valence-corrected chi connectivity index (χ4v) is 5.21. The number of carbonyl (C=O) groups excluding carboxylic acids is 1. The summed E-state index contributed by atoms with van der Waals surface area (Å²) in [6.07, 6.45) is 0. The van der Waals surface area contributed by atoms with Gasteiger partial charge in [-0.1, -0.05) is 29.8 Å². The number of fused-ring (bicyclic) bond motifs is 4. The predicted molar refractivity (Wildman–Crippen MR) is 133 cm³/mol. The van der Waals surface area contributed by atoms with E-state index in [1.165, 1.54) is 0 Å². The Hall–Kier alpha value is -3.29. The van der Waals surface area contributed by atoms with Crippen LogP contribution in [-0.4, -0.2) is 23.9 Å². The molecule has 0 spiro atoms. The second kappa shape index (κ2) is 8.24. The third kappa shape index (κ3) is 3.67. The van der Waals surface area contributed by atoms with Gasteiger partial charge in [-0.25, -0.2) is 0 Å². The highest BCUT2D eigenvalue weighted by molar-refractivity contribution is 7.80. The van der Waals surface area contributed by atoms with Gasteiger partial charge in [0.15, 0.2) is 10.8 Å². The number of amides is 1. The number of nitrogens with one attached hydrogen (secondary N) is 2. The van der Waals surface area contributed by atoms with E-state index >= 15 is 0 Å². The molecule has 0 saturated carbocycles. The van der Waals surface area contributed by atoms with Crippen molar-refractivity contribution in [3.05, 3.63) is 83.4 Å². The van der Waals surface area contributed by atoms with Crippen molar-refractivity contribution in [2.75, 3.05) is 17.3 Å². The number of nitrogens with zero attached hydrogens (tertiary/aromatic N) is 1. The fourth-order valence-electron chi connectivity index (χ4n) is 4.61. The Morgan fingerprint density at radius 3 is 2.58 bits per heavy atom. The summed E-state index contributed by atoms with van der Waals surface area (Å²) in [4.78, 5) is 15.6. The first-order valence-electron chi connectivity index (χ1n) is 10.5. The molecule has 8 heteroatoms. The molecule has 0 unspecified atom stereocenters. The fraction of sp³-hybridized carbons (Fsp3) is 0.200. The molecular formula is C25H22ClN3O3S. The van der Waals surface area contributed by atoms with Crippen molar-refractivity contribution in [3.8, 4) is 11.5 Å². The molecule has 5 rings (SSSR count). The number of thiocarbonyl (C=S) groups is 1. The summed E-state index contributed by atoms with van der Waals surface area (Å²) < 4.78 is 11.8. The van der Waals surface area contributed by atoms with Gasteiger partial charge in [0, 0.05) is 22.0 Å². The third-order valence-corrected chi connectivity index (χ3v) is 6.65. The number of rotatable bonds is 4. The average Bonchev–Trinajstić information content (AvgIpc) is 2.80. The molecule has 0 aromatic heterocycles. The summed E-state index contributed by atoms with van der Waals surface area (Å²) in [6.45, 7) is 1.90. The minimum Gasteiger partial charge on any atom is -0.497 e. The molecule has 1 amide bonds. The third-order valence-electron chi connectivity index (χ3n) is 6.11. The second-order valence-electron chi connectivity index (χ2n) is 8.13. The first kappa shape index (κ1) is 21.6. The minimum atomic E-state index is -1.08. The van der Waals surface area contributed by atoms with Gasteiger partial charge in [0.1, 0.15) is 17.4 Å². The van der Waals surface area contributed by atoms with Gasteiger partial charge < -0.3 is 20.1 Å². The highest BCUT2D eigenvalue weighted by Gasteiger charge is 2.59. The van der Waals surface area contributed by atoms with Crippen molar-refractivity contribution < 1.29 is 14.3 Å². The SMILES string of the molecule is COc1ccc(NC(=O)[C@H]2[C@H]3NC(=S)N(c4ccccc4)[C@@]2(C)Oc2ccc(Cl)cc23)cc1. The van der Waals surface area contributed by atoms with Gasteiger partial charge in [-0.15, -0.1) is 0 Å². The van der Waals surface area contributed by atoms with E-state index in [-0.39, 0.29) is 5.91 Å². The van der Waals surface area contributed by atoms with Crippen LogP contribution in [0.15, 0.2) is 72.8 Å². The maximum atomic E-state index is 13.8. The zero-order chi connectivity index (χ0) is 23.2. The van der Waals surface area contributed by atoms with E-state index in [0.29, 0.717) is 27.3 Å². The molecule has 2 bridgehead atoms.